The van der Waals surface area contributed by atoms with Gasteiger partial charge < -0.3 is 4.90 Å². The number of rotatable bonds is 5. The van der Waals surface area contributed by atoms with Gasteiger partial charge in [-0.15, -0.1) is 0 Å². The van der Waals surface area contributed by atoms with Gasteiger partial charge in [-0.2, -0.15) is 0 Å². The molecule has 114 valence electrons. The predicted octanol–water partition coefficient (Wildman–Crippen LogP) is 3.88. The molecular weight excluding hydrogens is 284 g/mol. The highest BCUT2D eigenvalue weighted by molar-refractivity contribution is 6.30. The minimum atomic E-state index is -0.284. The standard InChI is InChI=1S/C17H23ClN2O/c1-3-4-6-12(2)20-15(13-7-5-8-14(18)11-13)19-17(9-10-17)16(20)21/h5,7-8,11-12,15,19H,3-4,6,9-10H2,1-2H3. The first-order valence-electron chi connectivity index (χ1n) is 7.93. The zero-order valence-corrected chi connectivity index (χ0v) is 13.5. The number of nitrogens with one attached hydrogen (secondary N) is 1. The Kier molecular flexibility index (Phi) is 3.98. The number of carbonyl (C=O) groups is 1. The topological polar surface area (TPSA) is 32.3 Å². The number of unbranched alkanes of at least 4 members (excludes halogenated alkanes) is 1. The molecule has 1 heterocycles. The summed E-state index contributed by atoms with van der Waals surface area (Å²) in [5, 5.41) is 4.28. The average molecular weight is 307 g/mol. The minimum Gasteiger partial charge on any atom is -0.319 e. The molecule has 2 aliphatic rings. The highest BCUT2D eigenvalue weighted by Gasteiger charge is 2.60. The first-order chi connectivity index (χ1) is 10.1. The molecule has 1 aromatic carbocycles. The predicted molar refractivity (Wildman–Crippen MR) is 85.1 cm³/mol. The first-order valence-corrected chi connectivity index (χ1v) is 8.31. The molecule has 1 aliphatic carbocycles. The van der Waals surface area contributed by atoms with Crippen LogP contribution in [0.2, 0.25) is 5.02 Å². The van der Waals surface area contributed by atoms with Crippen LogP contribution in [0.1, 0.15) is 57.7 Å². The Morgan fingerprint density at radius 1 is 1.48 bits per heavy atom. The molecule has 1 N–H and O–H groups in total. The van der Waals surface area contributed by atoms with Gasteiger partial charge >= 0.3 is 0 Å². The van der Waals surface area contributed by atoms with E-state index in [9.17, 15) is 4.79 Å². The summed E-state index contributed by atoms with van der Waals surface area (Å²) < 4.78 is 0. The Hall–Kier alpha value is -1.06. The fourth-order valence-electron chi connectivity index (χ4n) is 3.25. The van der Waals surface area contributed by atoms with Crippen LogP contribution in [0.5, 0.6) is 0 Å². The monoisotopic (exact) mass is 306 g/mol. The zero-order chi connectivity index (χ0) is 15.0. The molecule has 4 heteroatoms. The summed E-state index contributed by atoms with van der Waals surface area (Å²) in [5.74, 6) is 0.274. The van der Waals surface area contributed by atoms with Gasteiger partial charge in [0.15, 0.2) is 0 Å². The highest BCUT2D eigenvalue weighted by atomic mass is 35.5. The summed E-state index contributed by atoms with van der Waals surface area (Å²) in [6.45, 7) is 4.35. The molecule has 1 amide bonds. The summed E-state index contributed by atoms with van der Waals surface area (Å²) in [4.78, 5) is 14.8. The molecule has 2 atom stereocenters. The van der Waals surface area contributed by atoms with E-state index < -0.39 is 0 Å². The molecule has 3 nitrogen and oxygen atoms in total. The molecule has 0 aromatic heterocycles. The summed E-state index contributed by atoms with van der Waals surface area (Å²) >= 11 is 6.13. The molecule has 2 fully saturated rings. The van der Waals surface area contributed by atoms with Crippen LogP contribution >= 0.6 is 11.6 Å². The number of carbonyl (C=O) groups excluding carboxylic acids is 1. The second kappa shape index (κ2) is 5.62. The van der Waals surface area contributed by atoms with Gasteiger partial charge in [-0.25, -0.2) is 0 Å². The molecule has 3 rings (SSSR count). The number of nitrogens with zero attached hydrogens (tertiary/aromatic N) is 1. The maximum absolute atomic E-state index is 12.8. The minimum absolute atomic E-state index is 0.0365. The van der Waals surface area contributed by atoms with Crippen LogP contribution in [0.3, 0.4) is 0 Å². The molecule has 1 spiro atoms. The van der Waals surface area contributed by atoms with Crippen LogP contribution in [-0.4, -0.2) is 22.4 Å². The van der Waals surface area contributed by atoms with E-state index in [0.717, 1.165) is 42.7 Å². The Labute approximate surface area is 131 Å². The van der Waals surface area contributed by atoms with Crippen molar-refractivity contribution in [2.24, 2.45) is 0 Å². The van der Waals surface area contributed by atoms with Crippen LogP contribution in [0.4, 0.5) is 0 Å². The van der Waals surface area contributed by atoms with E-state index in [-0.39, 0.29) is 23.7 Å². The van der Waals surface area contributed by atoms with Crippen molar-refractivity contribution in [3.05, 3.63) is 34.9 Å². The number of amides is 1. The molecular formula is C17H23ClN2O. The maximum atomic E-state index is 12.8. The SMILES string of the molecule is CCCCC(C)N1C(=O)C2(CC2)NC1c1cccc(Cl)c1. The van der Waals surface area contributed by atoms with Crippen LogP contribution in [0.15, 0.2) is 24.3 Å². The molecule has 1 saturated carbocycles. The van der Waals surface area contributed by atoms with Crippen molar-refractivity contribution in [3.8, 4) is 0 Å². The Bertz CT molecular complexity index is 541. The Morgan fingerprint density at radius 2 is 2.24 bits per heavy atom. The lowest BCUT2D eigenvalue weighted by atomic mass is 10.1. The molecule has 0 radical (unpaired) electrons. The summed E-state index contributed by atoms with van der Waals surface area (Å²) in [5.41, 5.74) is 0.802. The largest absolute Gasteiger partial charge is 0.319 e. The molecule has 1 saturated heterocycles. The summed E-state index contributed by atoms with van der Waals surface area (Å²) in [6.07, 6.45) is 5.25. The smallest absolute Gasteiger partial charge is 0.244 e. The van der Waals surface area contributed by atoms with E-state index in [0.29, 0.717) is 0 Å². The van der Waals surface area contributed by atoms with Gasteiger partial charge in [-0.3, -0.25) is 10.1 Å². The second-order valence-corrected chi connectivity index (χ2v) is 6.82. The van der Waals surface area contributed by atoms with Crippen molar-refractivity contribution in [1.82, 2.24) is 10.2 Å². The normalized spacial score (nSPS) is 24.6. The highest BCUT2D eigenvalue weighted by Crippen LogP contribution is 2.47. The quantitative estimate of drug-likeness (QED) is 0.895. The van der Waals surface area contributed by atoms with Crippen molar-refractivity contribution in [1.29, 1.82) is 0 Å². The molecule has 1 aromatic rings. The summed E-state index contributed by atoms with van der Waals surface area (Å²) in [7, 11) is 0. The molecule has 0 bridgehead atoms. The zero-order valence-electron chi connectivity index (χ0n) is 12.7. The van der Waals surface area contributed by atoms with Gasteiger partial charge in [0.05, 0.1) is 0 Å². The van der Waals surface area contributed by atoms with Gasteiger partial charge in [0, 0.05) is 11.1 Å². The third kappa shape index (κ3) is 2.69. The van der Waals surface area contributed by atoms with Crippen molar-refractivity contribution < 1.29 is 4.79 Å². The van der Waals surface area contributed by atoms with Gasteiger partial charge in [-0.05, 0) is 43.9 Å². The maximum Gasteiger partial charge on any atom is 0.244 e. The molecule has 21 heavy (non-hydrogen) atoms. The number of halogens is 1. The van der Waals surface area contributed by atoms with Crippen molar-refractivity contribution in [3.63, 3.8) is 0 Å². The van der Waals surface area contributed by atoms with Gasteiger partial charge in [0.25, 0.3) is 0 Å². The lowest BCUT2D eigenvalue weighted by Crippen LogP contribution is -2.38. The van der Waals surface area contributed by atoms with Crippen LogP contribution in [0, 0.1) is 0 Å². The average Bonchev–Trinajstić information content (AvgIpc) is 3.18. The first kappa shape index (κ1) is 14.9. The van der Waals surface area contributed by atoms with Crippen molar-refractivity contribution in [2.75, 3.05) is 0 Å². The van der Waals surface area contributed by atoms with Gasteiger partial charge in [0.1, 0.15) is 11.7 Å². The number of hydrogen-bond acceptors (Lipinski definition) is 2. The molecule has 1 aliphatic heterocycles. The third-order valence-electron chi connectivity index (χ3n) is 4.70. The second-order valence-electron chi connectivity index (χ2n) is 6.39. The lowest BCUT2D eigenvalue weighted by Gasteiger charge is -2.30. The van der Waals surface area contributed by atoms with E-state index in [1.165, 1.54) is 0 Å². The van der Waals surface area contributed by atoms with E-state index in [1.54, 1.807) is 0 Å². The van der Waals surface area contributed by atoms with Gasteiger partial charge in [-0.1, -0.05) is 43.5 Å². The van der Waals surface area contributed by atoms with Crippen LogP contribution in [-0.2, 0) is 4.79 Å². The van der Waals surface area contributed by atoms with Crippen molar-refractivity contribution in [2.45, 2.75) is 63.7 Å². The summed E-state index contributed by atoms with van der Waals surface area (Å²) in [6, 6.07) is 8.11. The number of hydrogen-bond donors (Lipinski definition) is 1. The Morgan fingerprint density at radius 3 is 2.86 bits per heavy atom. The number of benzene rings is 1. The molecule has 2 unspecified atom stereocenters. The van der Waals surface area contributed by atoms with Crippen molar-refractivity contribution >= 4 is 17.5 Å². The van der Waals surface area contributed by atoms with E-state index in [4.69, 9.17) is 11.6 Å². The van der Waals surface area contributed by atoms with Crippen LogP contribution < -0.4 is 5.32 Å². The van der Waals surface area contributed by atoms with Gasteiger partial charge in [0.2, 0.25) is 5.91 Å². The van der Waals surface area contributed by atoms with E-state index in [1.807, 2.05) is 23.1 Å². The van der Waals surface area contributed by atoms with Crippen LogP contribution in [0.25, 0.3) is 0 Å². The third-order valence-corrected chi connectivity index (χ3v) is 4.93. The lowest BCUT2D eigenvalue weighted by molar-refractivity contribution is -0.132. The Balaban J connectivity index is 1.88. The van der Waals surface area contributed by atoms with E-state index in [2.05, 4.69) is 25.2 Å². The van der Waals surface area contributed by atoms with E-state index >= 15 is 0 Å². The fourth-order valence-corrected chi connectivity index (χ4v) is 3.45. The fraction of sp³-hybridized carbons (Fsp3) is 0.588.